The molecule has 0 spiro atoms. The van der Waals surface area contributed by atoms with Crippen LogP contribution in [0.5, 0.6) is 0 Å². The summed E-state index contributed by atoms with van der Waals surface area (Å²) in [5.74, 6) is -0.237. The predicted molar refractivity (Wildman–Crippen MR) is 203 cm³/mol. The highest BCUT2D eigenvalue weighted by Gasteiger charge is 2.27. The Morgan fingerprint density at radius 2 is 1.14 bits per heavy atom. The number of aliphatic hydroxyl groups is 1. The molecule has 0 atom stereocenters. The van der Waals surface area contributed by atoms with Gasteiger partial charge in [-0.05, 0) is 13.8 Å². The highest BCUT2D eigenvalue weighted by molar-refractivity contribution is 6.06. The molecule has 7 rings (SSSR count). The average molecular weight is 755 g/mol. The minimum absolute atomic E-state index is 0.0861. The first-order valence-corrected chi connectivity index (χ1v) is 16.9. The summed E-state index contributed by atoms with van der Waals surface area (Å²) in [7, 11) is 4.53. The number of rotatable bonds is 11. The van der Waals surface area contributed by atoms with E-state index < -0.39 is 18.4 Å². The zero-order valence-electron chi connectivity index (χ0n) is 30.7. The summed E-state index contributed by atoms with van der Waals surface area (Å²) >= 11 is 0. The molecule has 0 unspecified atom stereocenters. The Labute approximate surface area is 317 Å². The monoisotopic (exact) mass is 754 g/mol. The molecule has 20 nitrogen and oxygen atoms in total. The first kappa shape index (κ1) is 36.6. The normalized spacial score (nSPS) is 11.6. The lowest BCUT2D eigenvalue weighted by atomic mass is 10.0. The molecule has 0 aliphatic carbocycles. The first-order chi connectivity index (χ1) is 27.0. The van der Waals surface area contributed by atoms with Crippen LogP contribution in [0.2, 0.25) is 0 Å². The van der Waals surface area contributed by atoms with Crippen molar-refractivity contribution in [2.45, 2.75) is 13.8 Å². The largest absolute Gasteiger partial charge is 0.465 e. The summed E-state index contributed by atoms with van der Waals surface area (Å²) in [6, 6.07) is 19.8. The summed E-state index contributed by atoms with van der Waals surface area (Å²) in [5.41, 5.74) is 16.7. The third-order valence-corrected chi connectivity index (χ3v) is 8.63. The Morgan fingerprint density at radius 1 is 0.696 bits per heavy atom. The highest BCUT2D eigenvalue weighted by Crippen LogP contribution is 2.37. The van der Waals surface area contributed by atoms with E-state index in [2.05, 4.69) is 50.8 Å². The lowest BCUT2D eigenvalue weighted by molar-refractivity contribution is 0.0602. The van der Waals surface area contributed by atoms with Crippen molar-refractivity contribution in [3.63, 3.8) is 0 Å². The fourth-order valence-electron chi connectivity index (χ4n) is 5.92. The second-order valence-electron chi connectivity index (χ2n) is 12.2. The number of nitrogens with zero attached hydrogens (tertiary/aromatic N) is 14. The zero-order valence-corrected chi connectivity index (χ0v) is 30.7. The van der Waals surface area contributed by atoms with Crippen LogP contribution in [0, 0.1) is 13.8 Å². The molecule has 5 N–H and O–H groups in total. The Morgan fingerprint density at radius 3 is 1.59 bits per heavy atom. The summed E-state index contributed by atoms with van der Waals surface area (Å²) in [6.45, 7) is 2.63. The van der Waals surface area contributed by atoms with Crippen molar-refractivity contribution in [3.05, 3.63) is 95.6 Å². The minimum Gasteiger partial charge on any atom is -0.465 e. The van der Waals surface area contributed by atoms with Crippen LogP contribution in [-0.4, -0.2) is 79.7 Å². The van der Waals surface area contributed by atoms with E-state index in [1.807, 2.05) is 48.5 Å². The maximum Gasteiger partial charge on any atom is 0.344 e. The number of Topliss-reactive ketones (excluding diaryl/α,β-unsaturated/α-hetero) is 1. The molecule has 0 radical (unpaired) electrons. The molecule has 282 valence electrons. The second-order valence-corrected chi connectivity index (χ2v) is 12.2. The van der Waals surface area contributed by atoms with Crippen LogP contribution in [-0.2, 0) is 18.8 Å². The third kappa shape index (κ3) is 6.55. The van der Waals surface area contributed by atoms with Crippen molar-refractivity contribution < 1.29 is 19.4 Å². The van der Waals surface area contributed by atoms with E-state index in [4.69, 9.17) is 16.2 Å². The van der Waals surface area contributed by atoms with Gasteiger partial charge in [-0.15, -0.1) is 20.5 Å². The van der Waals surface area contributed by atoms with Gasteiger partial charge in [-0.1, -0.05) is 60.7 Å². The molecule has 5 aromatic heterocycles. The summed E-state index contributed by atoms with van der Waals surface area (Å²) in [6.07, 6.45) is 1.29. The summed E-state index contributed by atoms with van der Waals surface area (Å²) in [4.78, 5) is 34.5. The number of aliphatic hydroxyl groups excluding tert-OH is 1. The van der Waals surface area contributed by atoms with Crippen LogP contribution < -0.4 is 11.5 Å². The van der Waals surface area contributed by atoms with Crippen LogP contribution >= 0.6 is 0 Å². The number of nitrogen functional groups attached to an aromatic ring is 2. The number of benzene rings is 2. The van der Waals surface area contributed by atoms with E-state index in [9.17, 15) is 14.7 Å². The Balaban J connectivity index is 1.20. The van der Waals surface area contributed by atoms with Crippen molar-refractivity contribution >= 4 is 46.4 Å². The molecule has 0 aliphatic rings. The van der Waals surface area contributed by atoms with E-state index >= 15 is 0 Å². The van der Waals surface area contributed by atoms with Gasteiger partial charge in [0.2, 0.25) is 0 Å². The number of aryl methyl sites for hydroxylation is 4. The number of anilines is 2. The molecule has 7 aromatic rings. The van der Waals surface area contributed by atoms with Crippen molar-refractivity contribution in [2.24, 2.45) is 34.6 Å². The van der Waals surface area contributed by atoms with Gasteiger partial charge >= 0.3 is 5.97 Å². The zero-order chi connectivity index (χ0) is 39.7. The van der Waals surface area contributed by atoms with Gasteiger partial charge in [0.1, 0.15) is 29.9 Å². The van der Waals surface area contributed by atoms with Crippen LogP contribution in [0.25, 0.3) is 34.2 Å². The number of nitrogens with two attached hydrogens (primary N) is 2. The Kier molecular flexibility index (Phi) is 9.77. The van der Waals surface area contributed by atoms with E-state index in [-0.39, 0.29) is 57.4 Å². The van der Waals surface area contributed by atoms with Crippen LogP contribution in [0.3, 0.4) is 0 Å². The maximum atomic E-state index is 12.9. The van der Waals surface area contributed by atoms with Crippen molar-refractivity contribution in [3.8, 4) is 34.2 Å². The van der Waals surface area contributed by atoms with E-state index in [0.717, 1.165) is 0 Å². The number of aromatic nitrogens is 10. The van der Waals surface area contributed by atoms with Crippen molar-refractivity contribution in [1.29, 1.82) is 0 Å². The standard InChI is InChI=1S/C36H34N16O4/c1-19-28(41-43-34-26(23(54)17-53)30(47-49(34)3)21-12-8-6-9-13-21)32(37)51(45-19)24-16-25(40-18-39-24)52-33(38)29(20(2)46-52)42-44-35-27(36(55)56-5)31(48-50(35)4)22-14-10-7-11-15-22/h6-16,18,53H,17,37-38H2,1-5H3/b43-41+,44-42+. The molecule has 0 saturated heterocycles. The van der Waals surface area contributed by atoms with Gasteiger partial charge in [0, 0.05) is 31.3 Å². The van der Waals surface area contributed by atoms with Crippen molar-refractivity contribution in [2.75, 3.05) is 25.2 Å². The van der Waals surface area contributed by atoms with Gasteiger partial charge in [-0.3, -0.25) is 4.79 Å². The number of hydrogen-bond donors (Lipinski definition) is 3. The summed E-state index contributed by atoms with van der Waals surface area (Å²) in [5, 5.41) is 45.2. The van der Waals surface area contributed by atoms with E-state index in [0.29, 0.717) is 33.9 Å². The van der Waals surface area contributed by atoms with Crippen molar-refractivity contribution in [1.82, 2.24) is 49.1 Å². The molecule has 5 heterocycles. The number of azo groups is 2. The van der Waals surface area contributed by atoms with Crippen LogP contribution in [0.15, 0.2) is 93.5 Å². The van der Waals surface area contributed by atoms with Crippen LogP contribution in [0.1, 0.15) is 32.1 Å². The maximum absolute atomic E-state index is 12.9. The Hall–Kier alpha value is -7.74. The number of carbonyl (C=O) groups excluding carboxylic acids is 2. The molecule has 20 heteroatoms. The second kappa shape index (κ2) is 14.9. The lowest BCUT2D eigenvalue weighted by Crippen LogP contribution is -2.09. The molecular weight excluding hydrogens is 721 g/mol. The molecule has 0 saturated carbocycles. The van der Waals surface area contributed by atoms with E-state index in [1.165, 1.54) is 32.2 Å². The lowest BCUT2D eigenvalue weighted by Gasteiger charge is -2.06. The van der Waals surface area contributed by atoms with Gasteiger partial charge in [0.15, 0.2) is 52.1 Å². The number of esters is 1. The van der Waals surface area contributed by atoms with Gasteiger partial charge < -0.3 is 21.3 Å². The number of ether oxygens (including phenoxy) is 1. The molecule has 56 heavy (non-hydrogen) atoms. The third-order valence-electron chi connectivity index (χ3n) is 8.63. The number of carbonyl (C=O) groups is 2. The quantitative estimate of drug-likeness (QED) is 0.0872. The van der Waals surface area contributed by atoms with Gasteiger partial charge in [-0.2, -0.15) is 29.8 Å². The molecule has 2 aromatic carbocycles. The molecule has 0 aliphatic heterocycles. The number of ketones is 1. The highest BCUT2D eigenvalue weighted by atomic mass is 16.5. The first-order valence-electron chi connectivity index (χ1n) is 16.9. The molecule has 0 fully saturated rings. The molecule has 0 amide bonds. The average Bonchev–Trinajstić information content (AvgIpc) is 3.91. The van der Waals surface area contributed by atoms with Gasteiger partial charge in [0.05, 0.1) is 24.1 Å². The predicted octanol–water partition coefficient (Wildman–Crippen LogP) is 5.22. The van der Waals surface area contributed by atoms with E-state index in [1.54, 1.807) is 46.1 Å². The van der Waals surface area contributed by atoms with Crippen LogP contribution in [0.4, 0.5) is 34.6 Å². The fraction of sp³-hybridized carbons (Fsp3) is 0.167. The minimum atomic E-state index is -0.746. The topological polar surface area (TPSA) is 262 Å². The fourth-order valence-corrected chi connectivity index (χ4v) is 5.92. The number of methoxy groups -OCH3 is 1. The SMILES string of the molecule is COC(=O)c1c(-c2ccccc2)nn(C)c1/N=N/c1c(C)nn(-c2cc(-n3nc(C)c(/N=N/c4c(C(=O)CO)c(-c5ccccc5)nn4C)c3N)ncn2)c1N. The molecule has 0 bridgehead atoms. The number of hydrogen-bond acceptors (Lipinski definition) is 16. The Bertz CT molecular complexity index is 2490. The van der Waals surface area contributed by atoms with Gasteiger partial charge in [0.25, 0.3) is 0 Å². The van der Waals surface area contributed by atoms with Gasteiger partial charge in [-0.25, -0.2) is 24.1 Å². The molecular formula is C36H34N16O4. The smallest absolute Gasteiger partial charge is 0.344 e. The summed E-state index contributed by atoms with van der Waals surface area (Å²) < 4.78 is 10.6.